The number of nitrogens with zero attached hydrogens (tertiary/aromatic N) is 1. The van der Waals surface area contributed by atoms with Gasteiger partial charge in [0, 0.05) is 45.4 Å². The molecule has 0 atom stereocenters. The van der Waals surface area contributed by atoms with E-state index in [1.54, 1.807) is 0 Å². The standard InChI is InChI=1S/C27H21N.C25H15Br.C13H7BrO.C13H12/c1-28(2)25-17-9-13-21-20-12-5-8-16-24(20)27(26(21)25)22-14-6-3-10-18(22)19-11-4-7-15-23(19)27;26-23-15-7-11-19-18-10-3-6-14-22(18)25(24(19)23)20-12-4-1-8-16(20)17-9-2-5-13-21(17)25;14-11-7-3-6-9-8-4-1-2-5-10(8)13(15)12(9)11;1-11-7-5-6-10-13(11)12-8-3-2-4-9-12/h3-17H,1-2H3;1-15H;1-7H;2-10H,1H3. The van der Waals surface area contributed by atoms with Crippen molar-refractivity contribution in [2.75, 3.05) is 19.0 Å². The predicted molar refractivity (Wildman–Crippen MR) is 347 cm³/mol. The minimum absolute atomic E-state index is 0.119. The maximum Gasteiger partial charge on any atom is 0.195 e. The summed E-state index contributed by atoms with van der Waals surface area (Å²) in [6.45, 7) is 2.14. The Balaban J connectivity index is 0.000000103. The summed E-state index contributed by atoms with van der Waals surface area (Å²) in [4.78, 5) is 14.3. The average molecular weight is 1180 g/mol. The molecular weight excluding hydrogens is 1130 g/mol. The number of aryl methyl sites for hydroxylation is 1. The van der Waals surface area contributed by atoms with E-state index in [9.17, 15) is 4.79 Å². The molecule has 0 amide bonds. The summed E-state index contributed by atoms with van der Waals surface area (Å²) in [5.41, 5.74) is 30.4. The van der Waals surface area contributed by atoms with Gasteiger partial charge in [-0.2, -0.15) is 0 Å². The highest BCUT2D eigenvalue weighted by molar-refractivity contribution is 9.10. The van der Waals surface area contributed by atoms with Gasteiger partial charge in [-0.15, -0.1) is 0 Å². The fraction of sp³-hybridized carbons (Fsp3) is 0.0641. The van der Waals surface area contributed by atoms with E-state index >= 15 is 0 Å². The second-order valence-electron chi connectivity index (χ2n) is 21.7. The number of benzene rings is 12. The van der Waals surface area contributed by atoms with Crippen LogP contribution >= 0.6 is 31.9 Å². The van der Waals surface area contributed by atoms with Crippen molar-refractivity contribution in [2.24, 2.45) is 0 Å². The number of hydrogen-bond donors (Lipinski definition) is 0. The third-order valence-electron chi connectivity index (χ3n) is 17.4. The Morgan fingerprint density at radius 3 is 1.09 bits per heavy atom. The van der Waals surface area contributed by atoms with Gasteiger partial charge in [-0.25, -0.2) is 0 Å². The number of carbonyl (C=O) groups is 1. The van der Waals surface area contributed by atoms with E-state index in [1.165, 1.54) is 116 Å². The van der Waals surface area contributed by atoms with Crippen LogP contribution in [0.15, 0.2) is 288 Å². The number of halogens is 2. The molecule has 5 aliphatic carbocycles. The van der Waals surface area contributed by atoms with Crippen LogP contribution in [0.4, 0.5) is 5.69 Å². The van der Waals surface area contributed by atoms with Gasteiger partial charge in [-0.3, -0.25) is 4.79 Å². The SMILES string of the molecule is Brc1cccc2c1C1(c3ccccc3-c3ccccc31)c1ccccc1-2.CN(C)c1cccc2c1C1(c3ccccc3-c3ccccc31)c1ccccc1-2.Cc1ccccc1-c1ccccc1.O=C1c2ccccc2-c2cccc(Br)c21. The Kier molecular flexibility index (Phi) is 12.8. The molecule has 0 fully saturated rings. The van der Waals surface area contributed by atoms with Crippen LogP contribution in [-0.4, -0.2) is 19.9 Å². The molecule has 82 heavy (non-hydrogen) atoms. The Morgan fingerprint density at radius 1 is 0.293 bits per heavy atom. The van der Waals surface area contributed by atoms with Crippen LogP contribution in [0.25, 0.3) is 66.8 Å². The summed E-state index contributed by atoms with van der Waals surface area (Å²) < 4.78 is 2.05. The molecule has 0 unspecified atom stereocenters. The van der Waals surface area contributed by atoms with Gasteiger partial charge in [-0.05, 0) is 136 Å². The van der Waals surface area contributed by atoms with Crippen LogP contribution < -0.4 is 4.90 Å². The van der Waals surface area contributed by atoms with Crippen LogP contribution in [0.5, 0.6) is 0 Å². The molecule has 0 saturated carbocycles. The number of anilines is 1. The summed E-state index contributed by atoms with van der Waals surface area (Å²) in [6, 6.07) is 99.4. The zero-order chi connectivity index (χ0) is 55.7. The molecule has 4 heteroatoms. The maximum absolute atomic E-state index is 12.1. The van der Waals surface area contributed by atoms with E-state index in [0.717, 1.165) is 26.7 Å². The highest BCUT2D eigenvalue weighted by Gasteiger charge is 2.54. The quantitative estimate of drug-likeness (QED) is 0.172. The largest absolute Gasteiger partial charge is 0.377 e. The van der Waals surface area contributed by atoms with Crippen LogP contribution in [0, 0.1) is 6.92 Å². The van der Waals surface area contributed by atoms with Gasteiger partial charge >= 0.3 is 0 Å². The van der Waals surface area contributed by atoms with Crippen LogP contribution in [0.3, 0.4) is 0 Å². The fourth-order valence-electron chi connectivity index (χ4n) is 14.2. The van der Waals surface area contributed by atoms with E-state index in [2.05, 4.69) is 288 Å². The normalized spacial score (nSPS) is 13.4. The van der Waals surface area contributed by atoms with E-state index in [0.29, 0.717) is 0 Å². The van der Waals surface area contributed by atoms with Gasteiger partial charge < -0.3 is 4.90 Å². The molecule has 0 N–H and O–H groups in total. The van der Waals surface area contributed by atoms with Crippen molar-refractivity contribution in [2.45, 2.75) is 17.8 Å². The monoisotopic (exact) mass is 1180 g/mol. The molecule has 0 aromatic heterocycles. The van der Waals surface area contributed by atoms with Gasteiger partial charge in [0.05, 0.1) is 10.8 Å². The highest BCUT2D eigenvalue weighted by atomic mass is 79.9. The predicted octanol–water partition coefficient (Wildman–Crippen LogP) is 20.2. The molecule has 2 nitrogen and oxygen atoms in total. The highest BCUT2D eigenvalue weighted by Crippen LogP contribution is 2.66. The number of rotatable bonds is 2. The minimum Gasteiger partial charge on any atom is -0.377 e. The first kappa shape index (κ1) is 51.2. The Labute approximate surface area is 497 Å². The molecule has 12 aromatic rings. The molecule has 0 saturated heterocycles. The average Bonchev–Trinajstić information content (AvgIpc) is 1.90. The maximum atomic E-state index is 12.1. The summed E-state index contributed by atoms with van der Waals surface area (Å²) in [6.07, 6.45) is 0. The number of ketones is 1. The van der Waals surface area contributed by atoms with Crippen molar-refractivity contribution >= 4 is 43.3 Å². The smallest absolute Gasteiger partial charge is 0.195 e. The van der Waals surface area contributed by atoms with Crippen LogP contribution in [0.1, 0.15) is 66.0 Å². The zero-order valence-corrected chi connectivity index (χ0v) is 48.8. The summed E-state index contributed by atoms with van der Waals surface area (Å²) >= 11 is 7.32. The number of hydrogen-bond acceptors (Lipinski definition) is 2. The van der Waals surface area contributed by atoms with Crippen molar-refractivity contribution < 1.29 is 4.79 Å². The first-order valence-electron chi connectivity index (χ1n) is 28.0. The summed E-state index contributed by atoms with van der Waals surface area (Å²) in [5, 5.41) is 0. The first-order valence-corrected chi connectivity index (χ1v) is 29.5. The lowest BCUT2D eigenvalue weighted by molar-refractivity contribution is 0.104. The van der Waals surface area contributed by atoms with Gasteiger partial charge in [0.2, 0.25) is 0 Å². The van der Waals surface area contributed by atoms with Crippen molar-refractivity contribution in [3.63, 3.8) is 0 Å². The molecule has 17 rings (SSSR count). The van der Waals surface area contributed by atoms with Crippen molar-refractivity contribution in [1.82, 2.24) is 0 Å². The van der Waals surface area contributed by atoms with Gasteiger partial charge in [0.1, 0.15) is 0 Å². The Bertz CT molecular complexity index is 4390. The van der Waals surface area contributed by atoms with Gasteiger partial charge in [0.25, 0.3) is 0 Å². The van der Waals surface area contributed by atoms with Crippen molar-refractivity contribution in [3.8, 4) is 66.8 Å². The molecular formula is C78H55Br2NO. The molecule has 5 aliphatic rings. The minimum atomic E-state index is -0.250. The third kappa shape index (κ3) is 7.69. The van der Waals surface area contributed by atoms with Crippen molar-refractivity contribution in [3.05, 3.63) is 349 Å². The second kappa shape index (κ2) is 20.6. The zero-order valence-electron chi connectivity index (χ0n) is 45.7. The molecule has 0 radical (unpaired) electrons. The van der Waals surface area contributed by atoms with Gasteiger partial charge in [-0.1, -0.05) is 293 Å². The first-order chi connectivity index (χ1) is 40.2. The second-order valence-corrected chi connectivity index (χ2v) is 23.5. The van der Waals surface area contributed by atoms with Crippen LogP contribution in [-0.2, 0) is 10.8 Å². The summed E-state index contributed by atoms with van der Waals surface area (Å²) in [5.74, 6) is 0.119. The topological polar surface area (TPSA) is 20.3 Å². The van der Waals surface area contributed by atoms with Crippen molar-refractivity contribution in [1.29, 1.82) is 0 Å². The lowest BCUT2D eigenvalue weighted by Crippen LogP contribution is -2.28. The van der Waals surface area contributed by atoms with E-state index in [1.807, 2.05) is 48.5 Å². The fourth-order valence-corrected chi connectivity index (χ4v) is 15.4. The Hall–Kier alpha value is -8.93. The van der Waals surface area contributed by atoms with Crippen LogP contribution in [0.2, 0.25) is 0 Å². The molecule has 0 bridgehead atoms. The number of carbonyl (C=O) groups excluding carboxylic acids is 1. The van der Waals surface area contributed by atoms with Gasteiger partial charge in [0.15, 0.2) is 5.78 Å². The molecule has 0 aliphatic heterocycles. The third-order valence-corrected chi connectivity index (χ3v) is 18.7. The summed E-state index contributed by atoms with van der Waals surface area (Å²) in [7, 11) is 4.30. The number of fused-ring (bicyclic) bond motifs is 23. The lowest BCUT2D eigenvalue weighted by atomic mass is 9.70. The Morgan fingerprint density at radius 2 is 0.622 bits per heavy atom. The lowest BCUT2D eigenvalue weighted by Gasteiger charge is -2.33. The van der Waals surface area contributed by atoms with E-state index < -0.39 is 0 Å². The molecule has 392 valence electrons. The molecule has 0 heterocycles. The molecule has 2 spiro atoms. The van der Waals surface area contributed by atoms with E-state index in [4.69, 9.17) is 0 Å². The van der Waals surface area contributed by atoms with E-state index in [-0.39, 0.29) is 16.6 Å². The molecule has 12 aromatic carbocycles.